The summed E-state index contributed by atoms with van der Waals surface area (Å²) in [6.07, 6.45) is 10.4. The van der Waals surface area contributed by atoms with Crippen molar-refractivity contribution in [2.24, 2.45) is 0 Å². The minimum absolute atomic E-state index is 0.306. The maximum Gasteiger partial charge on any atom is 0.0998 e. The highest BCUT2D eigenvalue weighted by molar-refractivity contribution is 6.95. The Morgan fingerprint density at radius 3 is 2.25 bits per heavy atom. The summed E-state index contributed by atoms with van der Waals surface area (Å²) in [5.74, 6) is 0. The molecule has 0 bridgehead atoms. The molecule has 0 heterocycles. The van der Waals surface area contributed by atoms with Crippen LogP contribution in [-0.2, 0) is 6.42 Å². The summed E-state index contributed by atoms with van der Waals surface area (Å²) in [6.45, 7) is 9.93. The average molecular weight is 331 g/mol. The monoisotopic (exact) mass is 330 g/mol. The van der Waals surface area contributed by atoms with E-state index in [9.17, 15) is 0 Å². The van der Waals surface area contributed by atoms with E-state index < -0.39 is 8.07 Å². The van der Waals surface area contributed by atoms with Crippen LogP contribution in [0, 0.1) is 0 Å². The lowest BCUT2D eigenvalue weighted by Crippen LogP contribution is -2.56. The normalized spacial score (nSPS) is 18.5. The Balaban J connectivity index is 1.94. The molecule has 1 heteroatoms. The molecule has 0 radical (unpaired) electrons. The SMILES string of the molecule is CC(C)(C)[Si](C)(c1cccc2c1Cc1ccccc1-2)C1C=CC=C1. The molecule has 0 nitrogen and oxygen atoms in total. The van der Waals surface area contributed by atoms with Gasteiger partial charge in [0, 0.05) is 0 Å². The molecule has 0 saturated heterocycles. The van der Waals surface area contributed by atoms with Gasteiger partial charge in [0.2, 0.25) is 0 Å². The smallest absolute Gasteiger partial charge is 0.0800 e. The van der Waals surface area contributed by atoms with E-state index in [1.165, 1.54) is 16.7 Å². The van der Waals surface area contributed by atoms with Crippen LogP contribution < -0.4 is 5.19 Å². The van der Waals surface area contributed by atoms with Crippen LogP contribution in [0.5, 0.6) is 0 Å². The van der Waals surface area contributed by atoms with Crippen molar-refractivity contribution in [1.82, 2.24) is 0 Å². The fourth-order valence-electron chi connectivity index (χ4n) is 4.54. The van der Waals surface area contributed by atoms with Crippen LogP contribution in [0.2, 0.25) is 17.1 Å². The number of hydrogen-bond donors (Lipinski definition) is 0. The minimum atomic E-state index is -1.76. The Morgan fingerprint density at radius 2 is 1.54 bits per heavy atom. The van der Waals surface area contributed by atoms with Crippen LogP contribution in [0.25, 0.3) is 11.1 Å². The minimum Gasteiger partial charge on any atom is -0.0800 e. The molecule has 2 aromatic rings. The van der Waals surface area contributed by atoms with Gasteiger partial charge >= 0.3 is 0 Å². The molecule has 2 aromatic carbocycles. The maximum atomic E-state index is 2.59. The fraction of sp³-hybridized carbons (Fsp3) is 0.304. The second-order valence-electron chi connectivity index (χ2n) is 8.41. The Labute approximate surface area is 146 Å². The zero-order valence-electron chi connectivity index (χ0n) is 15.1. The third-order valence-corrected chi connectivity index (χ3v) is 12.8. The van der Waals surface area contributed by atoms with E-state index in [2.05, 4.69) is 94.1 Å². The molecule has 4 rings (SSSR count). The number of rotatable bonds is 2. The predicted molar refractivity (Wildman–Crippen MR) is 108 cm³/mol. The van der Waals surface area contributed by atoms with Crippen molar-refractivity contribution in [2.75, 3.05) is 0 Å². The first-order chi connectivity index (χ1) is 11.4. The summed E-state index contributed by atoms with van der Waals surface area (Å²) in [7, 11) is -1.76. The number of benzene rings is 2. The average Bonchev–Trinajstić information content (AvgIpc) is 3.20. The predicted octanol–water partition coefficient (Wildman–Crippen LogP) is 5.84. The van der Waals surface area contributed by atoms with E-state index in [1.807, 2.05) is 0 Å². The van der Waals surface area contributed by atoms with Crippen molar-refractivity contribution in [1.29, 1.82) is 0 Å². The first kappa shape index (κ1) is 15.7. The van der Waals surface area contributed by atoms with Crippen LogP contribution in [0.3, 0.4) is 0 Å². The summed E-state index contributed by atoms with van der Waals surface area (Å²) in [6, 6.07) is 16.0. The Kier molecular flexibility index (Phi) is 3.47. The number of fused-ring (bicyclic) bond motifs is 3. The lowest BCUT2D eigenvalue weighted by Gasteiger charge is -2.45. The fourth-order valence-corrected chi connectivity index (χ4v) is 9.00. The van der Waals surface area contributed by atoms with Crippen LogP contribution in [0.4, 0.5) is 0 Å². The van der Waals surface area contributed by atoms with Gasteiger partial charge in [0.15, 0.2) is 0 Å². The van der Waals surface area contributed by atoms with E-state index >= 15 is 0 Å². The summed E-state index contributed by atoms with van der Waals surface area (Å²) in [5, 5.41) is 1.96. The van der Waals surface area contributed by atoms with Crippen LogP contribution >= 0.6 is 0 Å². The lowest BCUT2D eigenvalue weighted by atomic mass is 10.1. The van der Waals surface area contributed by atoms with Crippen LogP contribution in [0.1, 0.15) is 31.9 Å². The van der Waals surface area contributed by atoms with Gasteiger partial charge in [-0.2, -0.15) is 0 Å². The molecule has 0 spiro atoms. The van der Waals surface area contributed by atoms with Crippen LogP contribution in [-0.4, -0.2) is 8.07 Å². The highest BCUT2D eigenvalue weighted by atomic mass is 28.3. The highest BCUT2D eigenvalue weighted by Gasteiger charge is 2.48. The molecule has 1 unspecified atom stereocenters. The van der Waals surface area contributed by atoms with Crippen molar-refractivity contribution < 1.29 is 0 Å². The molecule has 0 aliphatic heterocycles. The van der Waals surface area contributed by atoms with Crippen molar-refractivity contribution >= 4 is 13.3 Å². The molecular weight excluding hydrogens is 304 g/mol. The van der Waals surface area contributed by atoms with Crippen molar-refractivity contribution in [3.8, 4) is 11.1 Å². The highest BCUT2D eigenvalue weighted by Crippen LogP contribution is 2.48. The molecule has 1 atom stereocenters. The molecule has 0 saturated carbocycles. The van der Waals surface area contributed by atoms with Crippen LogP contribution in [0.15, 0.2) is 66.8 Å². The number of allylic oxidation sites excluding steroid dienone is 4. The maximum absolute atomic E-state index is 2.59. The lowest BCUT2D eigenvalue weighted by molar-refractivity contribution is 0.717. The van der Waals surface area contributed by atoms with Gasteiger partial charge in [0.1, 0.15) is 0 Å². The molecule has 0 amide bonds. The third kappa shape index (κ3) is 2.11. The Hall–Kier alpha value is -1.86. The van der Waals surface area contributed by atoms with E-state index in [1.54, 1.807) is 10.8 Å². The molecular formula is C23H26Si. The molecule has 24 heavy (non-hydrogen) atoms. The molecule has 2 aliphatic rings. The topological polar surface area (TPSA) is 0 Å². The molecule has 0 fully saturated rings. The van der Waals surface area contributed by atoms with Gasteiger partial charge in [0.25, 0.3) is 0 Å². The summed E-state index contributed by atoms with van der Waals surface area (Å²) in [5.41, 5.74) is 6.58. The van der Waals surface area contributed by atoms with Gasteiger partial charge in [-0.05, 0) is 39.3 Å². The first-order valence-corrected chi connectivity index (χ1v) is 11.6. The zero-order valence-corrected chi connectivity index (χ0v) is 16.1. The molecule has 0 aromatic heterocycles. The second-order valence-corrected chi connectivity index (χ2v) is 13.5. The molecule has 122 valence electrons. The van der Waals surface area contributed by atoms with Gasteiger partial charge in [0.05, 0.1) is 8.07 Å². The van der Waals surface area contributed by atoms with Crippen molar-refractivity contribution in [2.45, 2.75) is 44.3 Å². The first-order valence-electron chi connectivity index (χ1n) is 8.98. The largest absolute Gasteiger partial charge is 0.0998 e. The van der Waals surface area contributed by atoms with Gasteiger partial charge < -0.3 is 0 Å². The van der Waals surface area contributed by atoms with Crippen molar-refractivity contribution in [3.63, 3.8) is 0 Å². The number of hydrogen-bond acceptors (Lipinski definition) is 0. The Bertz CT molecular complexity index is 839. The van der Waals surface area contributed by atoms with Crippen molar-refractivity contribution in [3.05, 3.63) is 77.9 Å². The quantitative estimate of drug-likeness (QED) is 0.518. The standard InChI is InChI=1S/C23H26Si/c1-23(2,3)24(4,18-11-6-7-12-18)22-15-9-14-20-19-13-8-5-10-17(19)16-21(20)22/h5-15,18H,16H2,1-4H3. The third-order valence-electron chi connectivity index (χ3n) is 6.38. The van der Waals surface area contributed by atoms with E-state index in [0.717, 1.165) is 6.42 Å². The summed E-state index contributed by atoms with van der Waals surface area (Å²) < 4.78 is 0. The molecule has 2 aliphatic carbocycles. The zero-order chi connectivity index (χ0) is 16.9. The van der Waals surface area contributed by atoms with Gasteiger partial charge in [-0.1, -0.05) is 99.3 Å². The Morgan fingerprint density at radius 1 is 0.875 bits per heavy atom. The summed E-state index contributed by atoms with van der Waals surface area (Å²) in [4.78, 5) is 0. The summed E-state index contributed by atoms with van der Waals surface area (Å²) >= 11 is 0. The van der Waals surface area contributed by atoms with E-state index in [4.69, 9.17) is 0 Å². The van der Waals surface area contributed by atoms with Gasteiger partial charge in [-0.15, -0.1) is 0 Å². The van der Waals surface area contributed by atoms with E-state index in [0.29, 0.717) is 10.6 Å². The second kappa shape index (κ2) is 5.32. The molecule has 0 N–H and O–H groups in total. The van der Waals surface area contributed by atoms with Gasteiger partial charge in [-0.3, -0.25) is 0 Å². The van der Waals surface area contributed by atoms with E-state index in [-0.39, 0.29) is 0 Å². The van der Waals surface area contributed by atoms with Gasteiger partial charge in [-0.25, -0.2) is 0 Å².